The van der Waals surface area contributed by atoms with E-state index in [2.05, 4.69) is 12.2 Å². The number of aliphatic carboxylic acids is 1. The molecular weight excluding hydrogens is 404 g/mol. The lowest BCUT2D eigenvalue weighted by atomic mass is 9.75. The zero-order valence-corrected chi connectivity index (χ0v) is 18.2. The van der Waals surface area contributed by atoms with Crippen molar-refractivity contribution in [3.05, 3.63) is 90.0 Å². The lowest BCUT2D eigenvalue weighted by Gasteiger charge is -2.39. The van der Waals surface area contributed by atoms with Gasteiger partial charge in [-0.3, -0.25) is 9.59 Å². The highest BCUT2D eigenvalue weighted by Crippen LogP contribution is 2.34. The van der Waals surface area contributed by atoms with Gasteiger partial charge in [-0.1, -0.05) is 54.6 Å². The van der Waals surface area contributed by atoms with Crippen molar-refractivity contribution in [2.75, 3.05) is 6.61 Å². The van der Waals surface area contributed by atoms with Gasteiger partial charge < -0.3 is 20.9 Å². The van der Waals surface area contributed by atoms with Gasteiger partial charge in [0.25, 0.3) is 0 Å². The second kappa shape index (κ2) is 10.8. The Labute approximate surface area is 188 Å². The van der Waals surface area contributed by atoms with Crippen LogP contribution in [0, 0.1) is 5.41 Å². The van der Waals surface area contributed by atoms with Crippen LogP contribution in [0.25, 0.3) is 0 Å². The number of nitrogens with one attached hydrogen (secondary N) is 1. The predicted octanol–water partition coefficient (Wildman–Crippen LogP) is 3.73. The van der Waals surface area contributed by atoms with E-state index >= 15 is 0 Å². The molecule has 0 spiro atoms. The fraction of sp³-hybridized carbons (Fsp3) is 0.308. The Hall–Kier alpha value is -3.38. The zero-order chi connectivity index (χ0) is 23.0. The Balaban J connectivity index is 1.65. The molecule has 0 aliphatic heterocycles. The SMILES string of the molecule is C[C@H](CCc1ccc(C(N)=O)cc1)NC1C=CC=CC1(COc1ccccc1)CC(=O)O. The minimum Gasteiger partial charge on any atom is -0.493 e. The highest BCUT2D eigenvalue weighted by molar-refractivity contribution is 5.92. The molecule has 3 rings (SSSR count). The third kappa shape index (κ3) is 6.31. The Bertz CT molecular complexity index is 969. The van der Waals surface area contributed by atoms with Crippen molar-refractivity contribution in [2.45, 2.75) is 38.3 Å². The number of carboxylic acids is 1. The van der Waals surface area contributed by atoms with Crippen LogP contribution >= 0.6 is 0 Å². The number of ether oxygens (including phenoxy) is 1. The molecular formula is C26H30N2O4. The van der Waals surface area contributed by atoms with Crippen molar-refractivity contribution in [3.8, 4) is 5.75 Å². The lowest BCUT2D eigenvalue weighted by molar-refractivity contribution is -0.139. The maximum Gasteiger partial charge on any atom is 0.304 e. The number of carbonyl (C=O) groups excluding carboxylic acids is 1. The van der Waals surface area contributed by atoms with Crippen molar-refractivity contribution in [1.82, 2.24) is 5.32 Å². The van der Waals surface area contributed by atoms with E-state index in [-0.39, 0.29) is 25.1 Å². The topological polar surface area (TPSA) is 102 Å². The van der Waals surface area contributed by atoms with Crippen LogP contribution in [0.15, 0.2) is 78.9 Å². The van der Waals surface area contributed by atoms with Crippen molar-refractivity contribution < 1.29 is 19.4 Å². The Kier molecular flexibility index (Phi) is 7.84. The van der Waals surface area contributed by atoms with E-state index in [0.29, 0.717) is 11.3 Å². The smallest absolute Gasteiger partial charge is 0.304 e. The van der Waals surface area contributed by atoms with E-state index < -0.39 is 17.3 Å². The summed E-state index contributed by atoms with van der Waals surface area (Å²) in [7, 11) is 0. The number of hydrogen-bond acceptors (Lipinski definition) is 4. The molecule has 1 amide bonds. The van der Waals surface area contributed by atoms with Gasteiger partial charge >= 0.3 is 5.97 Å². The Morgan fingerprint density at radius 2 is 1.84 bits per heavy atom. The van der Waals surface area contributed by atoms with Crippen molar-refractivity contribution in [2.24, 2.45) is 11.1 Å². The van der Waals surface area contributed by atoms with Crippen molar-refractivity contribution in [3.63, 3.8) is 0 Å². The van der Waals surface area contributed by atoms with Crippen LogP contribution in [0.3, 0.4) is 0 Å². The quantitative estimate of drug-likeness (QED) is 0.500. The third-order valence-electron chi connectivity index (χ3n) is 5.76. The van der Waals surface area contributed by atoms with Crippen LogP contribution in [-0.4, -0.2) is 35.7 Å². The van der Waals surface area contributed by atoms with Crippen LogP contribution in [0.4, 0.5) is 0 Å². The van der Waals surface area contributed by atoms with Crippen molar-refractivity contribution in [1.29, 1.82) is 0 Å². The molecule has 1 aliphatic rings. The number of allylic oxidation sites excluding steroid dienone is 2. The second-order valence-electron chi connectivity index (χ2n) is 8.29. The van der Waals surface area contributed by atoms with Gasteiger partial charge in [-0.25, -0.2) is 0 Å². The van der Waals surface area contributed by atoms with E-state index in [9.17, 15) is 14.7 Å². The van der Waals surface area contributed by atoms with E-state index in [1.165, 1.54) is 0 Å². The molecule has 2 aromatic rings. The van der Waals surface area contributed by atoms with Gasteiger partial charge in [-0.2, -0.15) is 0 Å². The Morgan fingerprint density at radius 1 is 1.12 bits per heavy atom. The molecule has 0 heterocycles. The zero-order valence-electron chi connectivity index (χ0n) is 18.2. The first-order valence-electron chi connectivity index (χ1n) is 10.8. The summed E-state index contributed by atoms with van der Waals surface area (Å²) in [5, 5.41) is 13.2. The van der Waals surface area contributed by atoms with E-state index in [1.807, 2.05) is 66.8 Å². The first-order valence-corrected chi connectivity index (χ1v) is 10.8. The minimum absolute atomic E-state index is 0.0420. The molecule has 0 saturated carbocycles. The molecule has 6 heteroatoms. The van der Waals surface area contributed by atoms with Gasteiger partial charge in [0.1, 0.15) is 5.75 Å². The Morgan fingerprint density at radius 3 is 2.50 bits per heavy atom. The van der Waals surface area contributed by atoms with Crippen LogP contribution < -0.4 is 15.8 Å². The summed E-state index contributed by atoms with van der Waals surface area (Å²) in [6.07, 6.45) is 9.42. The monoisotopic (exact) mass is 434 g/mol. The fourth-order valence-electron chi connectivity index (χ4n) is 3.92. The molecule has 32 heavy (non-hydrogen) atoms. The number of nitrogens with two attached hydrogens (primary N) is 1. The molecule has 3 atom stereocenters. The van der Waals surface area contributed by atoms with Gasteiger partial charge in [0, 0.05) is 17.6 Å². The summed E-state index contributed by atoms with van der Waals surface area (Å²) in [5.41, 5.74) is 6.21. The van der Waals surface area contributed by atoms with Crippen LogP contribution in [0.2, 0.25) is 0 Å². The first-order chi connectivity index (χ1) is 15.4. The average molecular weight is 435 g/mol. The predicted molar refractivity (Wildman–Crippen MR) is 125 cm³/mol. The molecule has 1 aliphatic carbocycles. The normalized spacial score (nSPS) is 20.6. The number of para-hydroxylation sites is 1. The molecule has 4 N–H and O–H groups in total. The number of benzene rings is 2. The molecule has 2 unspecified atom stereocenters. The number of amides is 1. The van der Waals surface area contributed by atoms with E-state index in [0.717, 1.165) is 18.4 Å². The molecule has 168 valence electrons. The molecule has 0 saturated heterocycles. The summed E-state index contributed by atoms with van der Waals surface area (Å²) in [6.45, 7) is 2.34. The van der Waals surface area contributed by atoms with Gasteiger partial charge in [-0.05, 0) is 49.6 Å². The lowest BCUT2D eigenvalue weighted by Crippen LogP contribution is -2.51. The van der Waals surface area contributed by atoms with E-state index in [4.69, 9.17) is 10.5 Å². The molecule has 0 aromatic heterocycles. The molecule has 0 bridgehead atoms. The van der Waals surface area contributed by atoms with Gasteiger partial charge in [0.2, 0.25) is 5.91 Å². The minimum atomic E-state index is -0.865. The average Bonchev–Trinajstić information content (AvgIpc) is 2.78. The maximum absolute atomic E-state index is 11.7. The first kappa shape index (κ1) is 23.3. The highest BCUT2D eigenvalue weighted by atomic mass is 16.5. The van der Waals surface area contributed by atoms with E-state index in [1.54, 1.807) is 12.1 Å². The summed E-state index contributed by atoms with van der Waals surface area (Å²) in [6, 6.07) is 16.7. The highest BCUT2D eigenvalue weighted by Gasteiger charge is 2.40. The van der Waals surface area contributed by atoms with Gasteiger partial charge in [-0.15, -0.1) is 0 Å². The number of hydrogen-bond donors (Lipinski definition) is 3. The molecule has 2 aromatic carbocycles. The summed E-state index contributed by atoms with van der Waals surface area (Å²) in [4.78, 5) is 23.0. The fourth-order valence-corrected chi connectivity index (χ4v) is 3.92. The number of rotatable bonds is 11. The van der Waals surface area contributed by atoms with Gasteiger partial charge in [0.05, 0.1) is 18.4 Å². The second-order valence-corrected chi connectivity index (χ2v) is 8.29. The number of carboxylic acid groups (broad SMARTS) is 1. The van der Waals surface area contributed by atoms with Crippen molar-refractivity contribution >= 4 is 11.9 Å². The molecule has 6 nitrogen and oxygen atoms in total. The number of primary amides is 1. The van der Waals surface area contributed by atoms with Crippen LogP contribution in [0.1, 0.15) is 35.7 Å². The molecule has 0 fully saturated rings. The summed E-state index contributed by atoms with van der Waals surface area (Å²) in [5.74, 6) is -0.585. The summed E-state index contributed by atoms with van der Waals surface area (Å²) < 4.78 is 6.00. The standard InChI is InChI=1S/C26H30N2O4/c1-19(10-11-20-12-14-21(15-13-20)25(27)31)28-23-9-5-6-16-26(23,17-24(29)30)18-32-22-7-3-2-4-8-22/h2-9,12-16,19,23,28H,10-11,17-18H2,1H3,(H2,27,31)(H,29,30)/t19-,23?,26?/m1/s1. The van der Waals surface area contributed by atoms with Gasteiger partial charge in [0.15, 0.2) is 0 Å². The number of carbonyl (C=O) groups is 2. The van der Waals surface area contributed by atoms with Crippen LogP contribution in [0.5, 0.6) is 5.75 Å². The number of aryl methyl sites for hydroxylation is 1. The summed E-state index contributed by atoms with van der Waals surface area (Å²) >= 11 is 0. The molecule has 0 radical (unpaired) electrons. The van der Waals surface area contributed by atoms with Crippen LogP contribution in [-0.2, 0) is 11.2 Å². The third-order valence-corrected chi connectivity index (χ3v) is 5.76. The largest absolute Gasteiger partial charge is 0.493 e. The maximum atomic E-state index is 11.7.